The second-order valence-electron chi connectivity index (χ2n) is 7.39. The Morgan fingerprint density at radius 2 is 1.77 bits per heavy atom. The van der Waals surface area contributed by atoms with Crippen molar-refractivity contribution in [2.24, 2.45) is 0 Å². The van der Waals surface area contributed by atoms with Crippen LogP contribution in [0.5, 0.6) is 0 Å². The van der Waals surface area contributed by atoms with Crippen LogP contribution in [-0.4, -0.2) is 51.0 Å². The van der Waals surface area contributed by atoms with E-state index in [4.69, 9.17) is 0 Å². The molecule has 0 unspecified atom stereocenters. The van der Waals surface area contributed by atoms with Crippen molar-refractivity contribution in [3.63, 3.8) is 0 Å². The molecule has 1 heterocycles. The van der Waals surface area contributed by atoms with Gasteiger partial charge in [-0.05, 0) is 60.1 Å². The summed E-state index contributed by atoms with van der Waals surface area (Å²) in [6, 6.07) is 6.97. The van der Waals surface area contributed by atoms with Crippen LogP contribution in [0, 0.1) is 20.8 Å². The molecule has 0 fully saturated rings. The summed E-state index contributed by atoms with van der Waals surface area (Å²) >= 11 is 0. The predicted octanol–water partition coefficient (Wildman–Crippen LogP) is 3.04. The molecule has 0 radical (unpaired) electrons. The van der Waals surface area contributed by atoms with E-state index in [9.17, 15) is 4.79 Å². The minimum absolute atomic E-state index is 0.175. The zero-order valence-electron chi connectivity index (χ0n) is 17.0. The Balaban J connectivity index is 2.07. The van der Waals surface area contributed by atoms with Crippen LogP contribution in [0.3, 0.4) is 0 Å². The number of aryl methyl sites for hydroxylation is 3. The second-order valence-corrected chi connectivity index (χ2v) is 7.39. The molecule has 2 rings (SSSR count). The van der Waals surface area contributed by atoms with E-state index >= 15 is 0 Å². The Kier molecular flexibility index (Phi) is 6.53. The standard InChI is InChI=1S/C20H31N5O/c1-13(2)24(14(3)4)11-10-21-20(26)19-17(7)22-25(23-19)18-9-8-15(5)12-16(18)6/h8-9,12-14H,10-11H2,1-7H3,(H,21,26). The van der Waals surface area contributed by atoms with Crippen molar-refractivity contribution < 1.29 is 4.79 Å². The van der Waals surface area contributed by atoms with Crippen molar-refractivity contribution in [1.29, 1.82) is 0 Å². The van der Waals surface area contributed by atoms with Crippen LogP contribution in [0.25, 0.3) is 5.69 Å². The lowest BCUT2D eigenvalue weighted by atomic mass is 10.1. The number of nitrogens with zero attached hydrogens (tertiary/aromatic N) is 4. The van der Waals surface area contributed by atoms with Crippen LogP contribution in [0.4, 0.5) is 0 Å². The van der Waals surface area contributed by atoms with Crippen LogP contribution >= 0.6 is 0 Å². The lowest BCUT2D eigenvalue weighted by Gasteiger charge is -2.30. The van der Waals surface area contributed by atoms with Gasteiger partial charge in [0.25, 0.3) is 5.91 Å². The maximum atomic E-state index is 12.5. The normalized spacial score (nSPS) is 11.6. The highest BCUT2D eigenvalue weighted by Crippen LogP contribution is 2.15. The van der Waals surface area contributed by atoms with E-state index in [1.54, 1.807) is 4.80 Å². The summed E-state index contributed by atoms with van der Waals surface area (Å²) < 4.78 is 0. The zero-order chi connectivity index (χ0) is 19.4. The first-order valence-corrected chi connectivity index (χ1v) is 9.26. The molecule has 0 bridgehead atoms. The fraction of sp³-hybridized carbons (Fsp3) is 0.550. The Morgan fingerprint density at radius 1 is 1.12 bits per heavy atom. The molecule has 6 heteroatoms. The number of hydrogen-bond acceptors (Lipinski definition) is 4. The molecular weight excluding hydrogens is 326 g/mol. The van der Waals surface area contributed by atoms with Gasteiger partial charge in [-0.3, -0.25) is 9.69 Å². The molecule has 1 amide bonds. The summed E-state index contributed by atoms with van der Waals surface area (Å²) in [7, 11) is 0. The lowest BCUT2D eigenvalue weighted by molar-refractivity contribution is 0.0933. The highest BCUT2D eigenvalue weighted by molar-refractivity contribution is 5.93. The molecule has 142 valence electrons. The Labute approximate surface area is 156 Å². The van der Waals surface area contributed by atoms with Gasteiger partial charge in [-0.2, -0.15) is 9.90 Å². The van der Waals surface area contributed by atoms with Crippen molar-refractivity contribution in [3.05, 3.63) is 40.7 Å². The molecule has 1 aromatic heterocycles. The molecule has 0 atom stereocenters. The summed E-state index contributed by atoms with van der Waals surface area (Å²) in [6.45, 7) is 16.0. The molecule has 26 heavy (non-hydrogen) atoms. The average Bonchev–Trinajstić information content (AvgIpc) is 2.92. The Morgan fingerprint density at radius 3 is 2.35 bits per heavy atom. The van der Waals surface area contributed by atoms with E-state index in [-0.39, 0.29) is 5.91 Å². The smallest absolute Gasteiger partial charge is 0.273 e. The molecular formula is C20H31N5O. The van der Waals surface area contributed by atoms with E-state index in [0.717, 1.165) is 17.8 Å². The molecule has 0 aliphatic carbocycles. The van der Waals surface area contributed by atoms with Gasteiger partial charge in [-0.1, -0.05) is 17.7 Å². The van der Waals surface area contributed by atoms with Crippen molar-refractivity contribution >= 4 is 5.91 Å². The van der Waals surface area contributed by atoms with Gasteiger partial charge in [-0.25, -0.2) is 0 Å². The van der Waals surface area contributed by atoms with E-state index in [2.05, 4.69) is 61.1 Å². The second kappa shape index (κ2) is 8.45. The van der Waals surface area contributed by atoms with E-state index < -0.39 is 0 Å². The Hall–Kier alpha value is -2.21. The van der Waals surface area contributed by atoms with Crippen LogP contribution < -0.4 is 5.32 Å². The van der Waals surface area contributed by atoms with Crippen molar-refractivity contribution in [3.8, 4) is 5.69 Å². The summed E-state index contributed by atoms with van der Waals surface area (Å²) in [5.41, 5.74) is 4.17. The molecule has 1 N–H and O–H groups in total. The van der Waals surface area contributed by atoms with Crippen LogP contribution in [0.2, 0.25) is 0 Å². The van der Waals surface area contributed by atoms with Gasteiger partial charge in [0.1, 0.15) is 0 Å². The fourth-order valence-corrected chi connectivity index (χ4v) is 3.22. The van der Waals surface area contributed by atoms with Crippen LogP contribution in [-0.2, 0) is 0 Å². The molecule has 0 aliphatic rings. The maximum absolute atomic E-state index is 12.5. The van der Waals surface area contributed by atoms with Crippen LogP contribution in [0.15, 0.2) is 18.2 Å². The number of rotatable bonds is 7. The van der Waals surface area contributed by atoms with E-state index in [1.807, 2.05) is 26.0 Å². The van der Waals surface area contributed by atoms with Gasteiger partial charge in [0.05, 0.1) is 11.4 Å². The topological polar surface area (TPSA) is 63.1 Å². The SMILES string of the molecule is Cc1ccc(-n2nc(C)c(C(=O)NCCN(C(C)C)C(C)C)n2)c(C)c1. The van der Waals surface area contributed by atoms with Crippen molar-refractivity contribution in [2.75, 3.05) is 13.1 Å². The van der Waals surface area contributed by atoms with Gasteiger partial charge in [0.15, 0.2) is 5.69 Å². The number of carbonyl (C=O) groups is 1. The van der Waals surface area contributed by atoms with Crippen molar-refractivity contribution in [2.45, 2.75) is 60.5 Å². The highest BCUT2D eigenvalue weighted by Gasteiger charge is 2.18. The molecule has 1 aromatic carbocycles. The molecule has 0 spiro atoms. The van der Waals surface area contributed by atoms with Gasteiger partial charge >= 0.3 is 0 Å². The third-order valence-corrected chi connectivity index (χ3v) is 4.55. The van der Waals surface area contributed by atoms with Gasteiger partial charge in [0, 0.05) is 25.2 Å². The largest absolute Gasteiger partial charge is 0.349 e. The minimum Gasteiger partial charge on any atom is -0.349 e. The number of amides is 1. The fourth-order valence-electron chi connectivity index (χ4n) is 3.22. The van der Waals surface area contributed by atoms with E-state index in [1.165, 1.54) is 5.56 Å². The number of nitrogens with one attached hydrogen (secondary N) is 1. The molecule has 0 saturated heterocycles. The first kappa shape index (κ1) is 20.1. The highest BCUT2D eigenvalue weighted by atomic mass is 16.2. The van der Waals surface area contributed by atoms with E-state index in [0.29, 0.717) is 30.0 Å². The molecule has 0 aliphatic heterocycles. The van der Waals surface area contributed by atoms with Crippen LogP contribution in [0.1, 0.15) is 55.0 Å². The number of hydrogen-bond donors (Lipinski definition) is 1. The van der Waals surface area contributed by atoms with Gasteiger partial charge < -0.3 is 5.32 Å². The monoisotopic (exact) mass is 357 g/mol. The van der Waals surface area contributed by atoms with Gasteiger partial charge in [0.2, 0.25) is 0 Å². The zero-order valence-corrected chi connectivity index (χ0v) is 17.0. The molecule has 6 nitrogen and oxygen atoms in total. The summed E-state index contributed by atoms with van der Waals surface area (Å²) in [4.78, 5) is 16.4. The quantitative estimate of drug-likeness (QED) is 0.827. The molecule has 2 aromatic rings. The first-order valence-electron chi connectivity index (χ1n) is 9.26. The van der Waals surface area contributed by atoms with Gasteiger partial charge in [-0.15, -0.1) is 5.10 Å². The summed E-state index contributed by atoms with van der Waals surface area (Å²) in [6.07, 6.45) is 0. The summed E-state index contributed by atoms with van der Waals surface area (Å²) in [5.74, 6) is -0.175. The Bertz CT molecular complexity index is 756. The summed E-state index contributed by atoms with van der Waals surface area (Å²) in [5, 5.41) is 11.8. The molecule has 0 saturated carbocycles. The number of carbonyl (C=O) groups excluding carboxylic acids is 1. The average molecular weight is 358 g/mol. The third-order valence-electron chi connectivity index (χ3n) is 4.55. The maximum Gasteiger partial charge on any atom is 0.273 e. The number of benzene rings is 1. The van der Waals surface area contributed by atoms with Crippen molar-refractivity contribution in [1.82, 2.24) is 25.2 Å². The predicted molar refractivity (Wildman–Crippen MR) is 105 cm³/mol. The minimum atomic E-state index is -0.175. The number of aromatic nitrogens is 3. The third kappa shape index (κ3) is 4.69. The first-order chi connectivity index (χ1) is 12.2. The lowest BCUT2D eigenvalue weighted by Crippen LogP contribution is -2.42.